The number of nitrogens with one attached hydrogen (secondary N) is 2. The normalized spacial score (nSPS) is 36.6. The summed E-state index contributed by atoms with van der Waals surface area (Å²) in [5, 5.41) is 15.4. The van der Waals surface area contributed by atoms with E-state index in [0.717, 1.165) is 24.8 Å². The van der Waals surface area contributed by atoms with Gasteiger partial charge >= 0.3 is 0 Å². The number of β-amino-alcohol motifs (C(OH)–C–C–N with tert-alkyl or cyclic N) is 1. The fraction of sp³-hybridized carbons (Fsp3) is 0.929. The van der Waals surface area contributed by atoms with Gasteiger partial charge in [0.25, 0.3) is 0 Å². The predicted molar refractivity (Wildman–Crippen MR) is 71.2 cm³/mol. The lowest BCUT2D eigenvalue weighted by atomic mass is 9.81. The summed E-state index contributed by atoms with van der Waals surface area (Å²) in [4.78, 5) is 11.8. The second kappa shape index (κ2) is 6.53. The Labute approximate surface area is 110 Å². The van der Waals surface area contributed by atoms with Crippen molar-refractivity contribution >= 4 is 5.91 Å². The number of aliphatic hydroxyl groups is 1. The third-order valence-electron chi connectivity index (χ3n) is 4.41. The summed E-state index contributed by atoms with van der Waals surface area (Å²) >= 11 is 0. The van der Waals surface area contributed by atoms with Gasteiger partial charge in [-0.05, 0) is 24.7 Å². The average Bonchev–Trinajstić information content (AvgIpc) is 2.78. The van der Waals surface area contributed by atoms with Crippen molar-refractivity contribution in [2.75, 3.05) is 13.1 Å². The Hall–Kier alpha value is -0.610. The number of carbonyl (C=O) groups is 1. The van der Waals surface area contributed by atoms with Crippen LogP contribution in [0.1, 0.15) is 45.4 Å². The van der Waals surface area contributed by atoms with Gasteiger partial charge in [-0.3, -0.25) is 4.79 Å². The molecule has 0 radical (unpaired) electrons. The standard InChI is InChI=1S/C14H26N2O2/c1-10-2-4-11(5-3-10)6-7-15-14(18)13-8-12(17)9-16-13/h10-13,16-17H,2-9H2,1H3,(H,15,18). The molecule has 2 unspecified atom stereocenters. The van der Waals surface area contributed by atoms with Gasteiger partial charge in [-0.15, -0.1) is 0 Å². The largest absolute Gasteiger partial charge is 0.392 e. The van der Waals surface area contributed by atoms with Crippen LogP contribution in [0, 0.1) is 11.8 Å². The Bertz CT molecular complexity index is 275. The molecule has 1 heterocycles. The van der Waals surface area contributed by atoms with Crippen LogP contribution in [0.2, 0.25) is 0 Å². The molecule has 2 fully saturated rings. The van der Waals surface area contributed by atoms with Crippen molar-refractivity contribution in [3.05, 3.63) is 0 Å². The van der Waals surface area contributed by atoms with Gasteiger partial charge in [0.05, 0.1) is 12.1 Å². The second-order valence-electron chi connectivity index (χ2n) is 6.06. The first kappa shape index (κ1) is 13.8. The lowest BCUT2D eigenvalue weighted by Gasteiger charge is -2.26. The van der Waals surface area contributed by atoms with Crippen molar-refractivity contribution in [1.82, 2.24) is 10.6 Å². The highest BCUT2D eigenvalue weighted by atomic mass is 16.3. The summed E-state index contributed by atoms with van der Waals surface area (Å²) in [5.41, 5.74) is 0. The maximum atomic E-state index is 11.8. The zero-order chi connectivity index (χ0) is 13.0. The molecule has 3 N–H and O–H groups in total. The van der Waals surface area contributed by atoms with E-state index in [1.807, 2.05) is 0 Å². The number of hydrogen-bond acceptors (Lipinski definition) is 3. The fourth-order valence-corrected chi connectivity index (χ4v) is 3.06. The molecule has 1 aliphatic heterocycles. The van der Waals surface area contributed by atoms with Gasteiger partial charge in [-0.2, -0.15) is 0 Å². The molecule has 2 atom stereocenters. The SMILES string of the molecule is CC1CCC(CCNC(=O)C2CC(O)CN2)CC1. The summed E-state index contributed by atoms with van der Waals surface area (Å²) in [6.45, 7) is 3.65. The van der Waals surface area contributed by atoms with Gasteiger partial charge in [0.1, 0.15) is 0 Å². The van der Waals surface area contributed by atoms with Crippen LogP contribution in [0.3, 0.4) is 0 Å². The average molecular weight is 254 g/mol. The minimum absolute atomic E-state index is 0.0516. The quantitative estimate of drug-likeness (QED) is 0.702. The van der Waals surface area contributed by atoms with Crippen molar-refractivity contribution in [2.45, 2.75) is 57.6 Å². The van der Waals surface area contributed by atoms with Gasteiger partial charge in [-0.25, -0.2) is 0 Å². The Morgan fingerprint density at radius 3 is 2.67 bits per heavy atom. The molecule has 2 rings (SSSR count). The van der Waals surface area contributed by atoms with E-state index in [4.69, 9.17) is 0 Å². The molecule has 0 bridgehead atoms. The van der Waals surface area contributed by atoms with E-state index in [-0.39, 0.29) is 18.1 Å². The topological polar surface area (TPSA) is 61.4 Å². The van der Waals surface area contributed by atoms with Gasteiger partial charge < -0.3 is 15.7 Å². The molecule has 104 valence electrons. The van der Waals surface area contributed by atoms with E-state index >= 15 is 0 Å². The van der Waals surface area contributed by atoms with Gasteiger partial charge in [-0.1, -0.05) is 32.6 Å². The molecule has 18 heavy (non-hydrogen) atoms. The molecule has 1 saturated carbocycles. The number of rotatable bonds is 4. The number of carbonyl (C=O) groups excluding carboxylic acids is 1. The maximum absolute atomic E-state index is 11.8. The van der Waals surface area contributed by atoms with Gasteiger partial charge in [0.2, 0.25) is 5.91 Å². The molecule has 1 amide bonds. The highest BCUT2D eigenvalue weighted by Gasteiger charge is 2.27. The van der Waals surface area contributed by atoms with Crippen molar-refractivity contribution in [3.8, 4) is 0 Å². The maximum Gasteiger partial charge on any atom is 0.237 e. The molecule has 1 aliphatic carbocycles. The summed E-state index contributed by atoms with van der Waals surface area (Å²) in [5.74, 6) is 1.74. The summed E-state index contributed by atoms with van der Waals surface area (Å²) in [6, 6.07) is -0.189. The molecule has 0 aromatic carbocycles. The van der Waals surface area contributed by atoms with Crippen LogP contribution >= 0.6 is 0 Å². The van der Waals surface area contributed by atoms with E-state index in [1.165, 1.54) is 25.7 Å². The number of hydrogen-bond donors (Lipinski definition) is 3. The lowest BCUT2D eigenvalue weighted by Crippen LogP contribution is -2.41. The third kappa shape index (κ3) is 3.95. The second-order valence-corrected chi connectivity index (χ2v) is 6.06. The Morgan fingerprint density at radius 2 is 2.06 bits per heavy atom. The first-order chi connectivity index (χ1) is 8.65. The summed E-state index contributed by atoms with van der Waals surface area (Å²) in [6.07, 6.45) is 6.61. The van der Waals surface area contributed by atoms with Crippen LogP contribution < -0.4 is 10.6 Å². The molecule has 1 saturated heterocycles. The summed E-state index contributed by atoms with van der Waals surface area (Å²) < 4.78 is 0. The van der Waals surface area contributed by atoms with Crippen molar-refractivity contribution in [2.24, 2.45) is 11.8 Å². The molecule has 0 spiro atoms. The van der Waals surface area contributed by atoms with E-state index in [2.05, 4.69) is 17.6 Å². The lowest BCUT2D eigenvalue weighted by molar-refractivity contribution is -0.123. The number of amides is 1. The minimum Gasteiger partial charge on any atom is -0.392 e. The van der Waals surface area contributed by atoms with Crippen LogP contribution in [0.4, 0.5) is 0 Å². The third-order valence-corrected chi connectivity index (χ3v) is 4.41. The van der Waals surface area contributed by atoms with Crippen molar-refractivity contribution in [3.63, 3.8) is 0 Å². The molecule has 2 aliphatic rings. The zero-order valence-corrected chi connectivity index (χ0v) is 11.3. The predicted octanol–water partition coefficient (Wildman–Crippen LogP) is 1.04. The van der Waals surface area contributed by atoms with Gasteiger partial charge in [0.15, 0.2) is 0 Å². The molecular weight excluding hydrogens is 228 g/mol. The first-order valence-corrected chi connectivity index (χ1v) is 7.34. The molecule has 0 aromatic heterocycles. The Balaban J connectivity index is 1.59. The van der Waals surface area contributed by atoms with Crippen LogP contribution in [-0.2, 0) is 4.79 Å². The van der Waals surface area contributed by atoms with Crippen LogP contribution in [0.5, 0.6) is 0 Å². The number of aliphatic hydroxyl groups excluding tert-OH is 1. The van der Waals surface area contributed by atoms with E-state index in [0.29, 0.717) is 13.0 Å². The summed E-state index contributed by atoms with van der Waals surface area (Å²) in [7, 11) is 0. The van der Waals surface area contributed by atoms with Crippen molar-refractivity contribution in [1.29, 1.82) is 0 Å². The first-order valence-electron chi connectivity index (χ1n) is 7.34. The molecule has 0 aromatic rings. The smallest absolute Gasteiger partial charge is 0.237 e. The molecule has 4 nitrogen and oxygen atoms in total. The monoisotopic (exact) mass is 254 g/mol. The van der Waals surface area contributed by atoms with E-state index < -0.39 is 0 Å². The Kier molecular flexibility index (Phi) is 5.01. The van der Waals surface area contributed by atoms with Crippen LogP contribution in [0.15, 0.2) is 0 Å². The molecular formula is C14H26N2O2. The fourth-order valence-electron chi connectivity index (χ4n) is 3.06. The minimum atomic E-state index is -0.361. The highest BCUT2D eigenvalue weighted by Crippen LogP contribution is 2.29. The van der Waals surface area contributed by atoms with Gasteiger partial charge in [0, 0.05) is 13.1 Å². The van der Waals surface area contributed by atoms with E-state index in [9.17, 15) is 9.90 Å². The van der Waals surface area contributed by atoms with E-state index in [1.54, 1.807) is 0 Å². The zero-order valence-electron chi connectivity index (χ0n) is 11.3. The molecule has 4 heteroatoms. The van der Waals surface area contributed by atoms with Crippen LogP contribution in [0.25, 0.3) is 0 Å². The van der Waals surface area contributed by atoms with Crippen LogP contribution in [-0.4, -0.2) is 36.2 Å². The Morgan fingerprint density at radius 1 is 1.33 bits per heavy atom. The highest BCUT2D eigenvalue weighted by molar-refractivity contribution is 5.82. The van der Waals surface area contributed by atoms with Crippen molar-refractivity contribution < 1.29 is 9.90 Å².